The number of nitrogens with one attached hydrogen (secondary N) is 1. The molecular formula is C45H42N2O4. The van der Waals surface area contributed by atoms with Crippen molar-refractivity contribution >= 4 is 23.7 Å². The minimum Gasteiger partial charge on any atom is -0.508 e. The van der Waals surface area contributed by atoms with E-state index in [9.17, 15) is 14.7 Å². The number of ether oxygens (including phenoxy) is 1. The number of carbonyl (C=O) groups excluding carboxylic acids is 2. The Balaban J connectivity index is 1.40. The molecule has 2 N–H and O–H groups in total. The van der Waals surface area contributed by atoms with E-state index in [4.69, 9.17) is 4.74 Å². The van der Waals surface area contributed by atoms with Crippen molar-refractivity contribution in [1.82, 2.24) is 0 Å². The number of carbonyl (C=O) groups is 2. The monoisotopic (exact) mass is 674 g/mol. The van der Waals surface area contributed by atoms with E-state index in [1.54, 1.807) is 24.3 Å². The third-order valence-electron chi connectivity index (χ3n) is 9.44. The van der Waals surface area contributed by atoms with Crippen LogP contribution in [0.25, 0.3) is 0 Å². The number of rotatable bonds is 14. The van der Waals surface area contributed by atoms with Crippen LogP contribution in [0, 0.1) is 5.41 Å². The highest BCUT2D eigenvalue weighted by atomic mass is 16.5. The maximum atomic E-state index is 13.6. The van der Waals surface area contributed by atoms with Crippen molar-refractivity contribution in [2.45, 2.75) is 38.1 Å². The van der Waals surface area contributed by atoms with Gasteiger partial charge in [0.2, 0.25) is 0 Å². The van der Waals surface area contributed by atoms with Crippen LogP contribution in [0.3, 0.4) is 0 Å². The predicted octanol–water partition coefficient (Wildman–Crippen LogP) is 8.75. The molecule has 0 amide bonds. The van der Waals surface area contributed by atoms with E-state index in [0.717, 1.165) is 29.5 Å². The Bertz CT molecular complexity index is 1990. The van der Waals surface area contributed by atoms with Crippen molar-refractivity contribution in [2.24, 2.45) is 10.4 Å². The SMILES string of the molecule is COC(=O)[C@H](Cc1ccc(O)cc1CC(Cc1ccccc1)(Cc1ccccc1)C1=CCC=NC=C1)Nc1ccccc1C(=O)c1ccccc1. The summed E-state index contributed by atoms with van der Waals surface area (Å²) < 4.78 is 5.31. The van der Waals surface area contributed by atoms with Crippen molar-refractivity contribution in [2.75, 3.05) is 12.4 Å². The summed E-state index contributed by atoms with van der Waals surface area (Å²) in [5, 5.41) is 14.3. The third kappa shape index (κ3) is 8.78. The van der Waals surface area contributed by atoms with Gasteiger partial charge in [0.05, 0.1) is 7.11 Å². The van der Waals surface area contributed by atoms with Crippen LogP contribution < -0.4 is 5.32 Å². The van der Waals surface area contributed by atoms with Gasteiger partial charge in [0, 0.05) is 47.5 Å². The van der Waals surface area contributed by atoms with Gasteiger partial charge in [-0.05, 0) is 77.4 Å². The Morgan fingerprint density at radius 3 is 2.08 bits per heavy atom. The van der Waals surface area contributed by atoms with E-state index < -0.39 is 17.4 Å². The van der Waals surface area contributed by atoms with Gasteiger partial charge in [-0.1, -0.05) is 115 Å². The van der Waals surface area contributed by atoms with Crippen molar-refractivity contribution < 1.29 is 19.4 Å². The first-order valence-electron chi connectivity index (χ1n) is 17.2. The van der Waals surface area contributed by atoms with E-state index in [1.165, 1.54) is 18.2 Å². The van der Waals surface area contributed by atoms with E-state index in [0.29, 0.717) is 29.7 Å². The number of esters is 1. The second-order valence-electron chi connectivity index (χ2n) is 12.9. The average Bonchev–Trinajstić information content (AvgIpc) is 3.47. The van der Waals surface area contributed by atoms with Crippen LogP contribution in [-0.2, 0) is 35.2 Å². The van der Waals surface area contributed by atoms with Crippen molar-refractivity contribution in [3.05, 3.63) is 191 Å². The van der Waals surface area contributed by atoms with E-state index in [1.807, 2.05) is 73.1 Å². The third-order valence-corrected chi connectivity index (χ3v) is 9.44. The zero-order valence-corrected chi connectivity index (χ0v) is 28.7. The molecule has 256 valence electrons. The molecule has 0 fully saturated rings. The number of allylic oxidation sites excluding steroid dienone is 3. The molecule has 1 atom stereocenters. The number of phenolic OH excluding ortho intramolecular Hbond substituents is 1. The molecule has 5 aromatic carbocycles. The van der Waals surface area contributed by atoms with Gasteiger partial charge in [-0.15, -0.1) is 0 Å². The number of hydrogen-bond donors (Lipinski definition) is 2. The Morgan fingerprint density at radius 1 is 0.784 bits per heavy atom. The lowest BCUT2D eigenvalue weighted by Gasteiger charge is -2.37. The van der Waals surface area contributed by atoms with Gasteiger partial charge in [-0.3, -0.25) is 9.79 Å². The number of aromatic hydroxyl groups is 1. The molecular weight excluding hydrogens is 633 g/mol. The highest BCUT2D eigenvalue weighted by Crippen LogP contribution is 2.42. The Hall–Kier alpha value is -6.01. The van der Waals surface area contributed by atoms with Crippen LogP contribution in [0.4, 0.5) is 5.69 Å². The molecule has 1 aliphatic heterocycles. The zero-order chi connectivity index (χ0) is 35.5. The topological polar surface area (TPSA) is 88.0 Å². The van der Waals surface area contributed by atoms with Crippen molar-refractivity contribution in [3.8, 4) is 5.75 Å². The summed E-state index contributed by atoms with van der Waals surface area (Å²) in [6.45, 7) is 0. The van der Waals surface area contributed by atoms with Crippen LogP contribution in [0.1, 0.15) is 44.6 Å². The van der Waals surface area contributed by atoms with Gasteiger partial charge >= 0.3 is 5.97 Å². The molecule has 0 spiro atoms. The van der Waals surface area contributed by atoms with E-state index in [-0.39, 0.29) is 18.0 Å². The van der Waals surface area contributed by atoms with Crippen LogP contribution in [0.15, 0.2) is 162 Å². The van der Waals surface area contributed by atoms with Gasteiger partial charge in [-0.25, -0.2) is 4.79 Å². The molecule has 6 rings (SSSR count). The molecule has 0 aromatic heterocycles. The van der Waals surface area contributed by atoms with Crippen LogP contribution in [0.5, 0.6) is 5.75 Å². The fourth-order valence-electron chi connectivity index (χ4n) is 6.99. The maximum absolute atomic E-state index is 13.6. The summed E-state index contributed by atoms with van der Waals surface area (Å²) in [5.41, 5.74) is 6.50. The first-order valence-corrected chi connectivity index (χ1v) is 17.2. The molecule has 0 aliphatic carbocycles. The summed E-state index contributed by atoms with van der Waals surface area (Å²) in [6, 6.07) is 41.8. The van der Waals surface area contributed by atoms with Gasteiger partial charge in [-0.2, -0.15) is 0 Å². The number of phenols is 1. The molecule has 0 saturated heterocycles. The quantitative estimate of drug-likeness (QED) is 0.0909. The number of ketones is 1. The van der Waals surface area contributed by atoms with Crippen LogP contribution in [-0.4, -0.2) is 36.2 Å². The number of methoxy groups -OCH3 is 1. The molecule has 0 radical (unpaired) electrons. The Labute approximate surface area is 299 Å². The predicted molar refractivity (Wildman–Crippen MR) is 204 cm³/mol. The summed E-state index contributed by atoms with van der Waals surface area (Å²) in [5.74, 6) is -0.451. The van der Waals surface area contributed by atoms with Crippen molar-refractivity contribution in [3.63, 3.8) is 0 Å². The van der Waals surface area contributed by atoms with Gasteiger partial charge in [0.25, 0.3) is 0 Å². The minimum absolute atomic E-state index is 0.145. The number of nitrogens with zero attached hydrogens (tertiary/aromatic N) is 1. The number of para-hydroxylation sites is 1. The average molecular weight is 675 g/mol. The molecule has 1 aliphatic rings. The molecule has 0 saturated carbocycles. The zero-order valence-electron chi connectivity index (χ0n) is 28.7. The first kappa shape index (κ1) is 34.8. The number of aliphatic imine (C=N–C) groups is 1. The summed E-state index contributed by atoms with van der Waals surface area (Å²) in [4.78, 5) is 31.5. The molecule has 0 unspecified atom stereocenters. The summed E-state index contributed by atoms with van der Waals surface area (Å²) >= 11 is 0. The molecule has 1 heterocycles. The molecule has 6 heteroatoms. The van der Waals surface area contributed by atoms with Gasteiger partial charge < -0.3 is 15.2 Å². The fraction of sp³-hybridized carbons (Fsp3) is 0.178. The van der Waals surface area contributed by atoms with Crippen LogP contribution in [0.2, 0.25) is 0 Å². The minimum atomic E-state index is -0.814. The molecule has 6 nitrogen and oxygen atoms in total. The Morgan fingerprint density at radius 2 is 1.41 bits per heavy atom. The molecule has 5 aromatic rings. The lowest BCUT2D eigenvalue weighted by molar-refractivity contribution is -0.141. The lowest BCUT2D eigenvalue weighted by Crippen LogP contribution is -2.35. The summed E-state index contributed by atoms with van der Waals surface area (Å²) in [7, 11) is 1.37. The van der Waals surface area contributed by atoms with Crippen LogP contribution >= 0.6 is 0 Å². The molecule has 0 bridgehead atoms. The number of benzene rings is 5. The maximum Gasteiger partial charge on any atom is 0.328 e. The summed E-state index contributed by atoms with van der Waals surface area (Å²) in [6.07, 6.45) is 11.1. The van der Waals surface area contributed by atoms with E-state index >= 15 is 0 Å². The Kier molecular flexibility index (Phi) is 11.3. The fourth-order valence-corrected chi connectivity index (χ4v) is 6.99. The van der Waals surface area contributed by atoms with E-state index in [2.05, 4.69) is 71.0 Å². The second kappa shape index (κ2) is 16.6. The second-order valence-corrected chi connectivity index (χ2v) is 12.9. The largest absolute Gasteiger partial charge is 0.508 e. The molecule has 51 heavy (non-hydrogen) atoms. The van der Waals surface area contributed by atoms with Crippen molar-refractivity contribution in [1.29, 1.82) is 0 Å². The van der Waals surface area contributed by atoms with Gasteiger partial charge in [0.15, 0.2) is 5.78 Å². The number of hydrogen-bond acceptors (Lipinski definition) is 6. The standard InChI is InChI=1S/C45H42N2O4/c1-51-44(50)42(47-41-22-12-11-21-40(41)43(49)35-18-9-4-10-19-35)29-36-23-24-39(48)28-37(36)32-45(30-33-14-5-2-6-15-33,31-34-16-7-3-8-17-34)38-20-13-26-46-27-25-38/h2-12,14-28,42,47-48H,13,29-32H2,1H3/t42-/m0/s1. The highest BCUT2D eigenvalue weighted by Gasteiger charge is 2.36. The highest BCUT2D eigenvalue weighted by molar-refractivity contribution is 6.12. The normalized spacial score (nSPS) is 13.2. The number of anilines is 1. The van der Waals surface area contributed by atoms with Gasteiger partial charge in [0.1, 0.15) is 11.8 Å². The lowest BCUT2D eigenvalue weighted by atomic mass is 9.66. The first-order chi connectivity index (χ1) is 24.9. The smallest absolute Gasteiger partial charge is 0.328 e.